The Hall–Kier alpha value is -0.904. The van der Waals surface area contributed by atoms with Crippen molar-refractivity contribution in [3.63, 3.8) is 0 Å². The van der Waals surface area contributed by atoms with Crippen molar-refractivity contribution in [3.8, 4) is 0 Å². The van der Waals surface area contributed by atoms with Gasteiger partial charge in [-0.25, -0.2) is 0 Å². The molecule has 0 N–H and O–H groups in total. The molecular formula is C6KMnN6-6. The van der Waals surface area contributed by atoms with Crippen LogP contribution < -0.4 is 0 Å². The number of rotatable bonds is 0. The van der Waals surface area contributed by atoms with E-state index in [0.717, 1.165) is 0 Å². The molecule has 0 atom stereocenters. The first-order valence-electron chi connectivity index (χ1n) is 1.34. The van der Waals surface area contributed by atoms with Crippen molar-refractivity contribution >= 4 is 51.4 Å². The Balaban J connectivity index is -0.00000000500. The molecule has 2 radical (unpaired) electrons. The molecule has 8 heteroatoms. The SMILES string of the molecule is [C-]#N.[C-]#N.[C-]#N.[C-]#N.[C-]#N.[C-]#N.[K].[Mn]. The van der Waals surface area contributed by atoms with Crippen molar-refractivity contribution < 1.29 is 17.1 Å². The van der Waals surface area contributed by atoms with Crippen molar-refractivity contribution in [2.45, 2.75) is 0 Å². The van der Waals surface area contributed by atoms with E-state index in [1.165, 1.54) is 0 Å². The van der Waals surface area contributed by atoms with E-state index in [2.05, 4.69) is 0 Å². The normalized spacial score (nSPS) is 0.857. The van der Waals surface area contributed by atoms with Crippen LogP contribution in [0.25, 0.3) is 0 Å². The second-order valence-electron chi connectivity index (χ2n) is 0. The molecule has 0 spiro atoms. The van der Waals surface area contributed by atoms with Crippen LogP contribution >= 0.6 is 0 Å². The molecule has 0 aromatic carbocycles. The van der Waals surface area contributed by atoms with Crippen LogP contribution in [0.1, 0.15) is 0 Å². The predicted octanol–water partition coefficient (Wildman–Crippen LogP) is 0.195. The molecule has 0 fully saturated rings. The van der Waals surface area contributed by atoms with Crippen molar-refractivity contribution in [2.75, 3.05) is 0 Å². The average molecular weight is 250 g/mol. The second kappa shape index (κ2) is 1820. The van der Waals surface area contributed by atoms with Crippen LogP contribution in [0.5, 0.6) is 0 Å². The maximum Gasteiger partial charge on any atom is 0 e. The van der Waals surface area contributed by atoms with Crippen molar-refractivity contribution in [1.29, 1.82) is 31.6 Å². The zero-order valence-electron chi connectivity index (χ0n) is 7.06. The molecule has 6 nitrogen and oxygen atoms in total. The molecule has 0 aliphatic carbocycles. The van der Waals surface area contributed by atoms with E-state index in [1.54, 1.807) is 0 Å². The molecule has 0 aliphatic heterocycles. The molecule has 0 aromatic heterocycles. The van der Waals surface area contributed by atoms with E-state index in [1.807, 2.05) is 0 Å². The van der Waals surface area contributed by atoms with E-state index in [4.69, 9.17) is 71.0 Å². The van der Waals surface area contributed by atoms with Crippen molar-refractivity contribution in [1.82, 2.24) is 0 Å². The van der Waals surface area contributed by atoms with Gasteiger partial charge in [-0.1, -0.05) is 0 Å². The average Bonchev–Trinajstić information content (AvgIpc) is 2.33. The van der Waals surface area contributed by atoms with Gasteiger partial charge in [-0.3, -0.25) is 0 Å². The van der Waals surface area contributed by atoms with Crippen LogP contribution in [0.3, 0.4) is 0 Å². The molecule has 0 heterocycles. The zero-order chi connectivity index (χ0) is 12.0. The third-order valence-electron chi connectivity index (χ3n) is 0. The van der Waals surface area contributed by atoms with Crippen LogP contribution in [0.2, 0.25) is 0 Å². The molecule has 0 rings (SSSR count). The Morgan fingerprint density at radius 2 is 0.357 bits per heavy atom. The number of hydrogen-bond donors (Lipinski definition) is 0. The molecule has 0 saturated heterocycles. The molecule has 0 bridgehead atoms. The van der Waals surface area contributed by atoms with Crippen LogP contribution in [-0.4, -0.2) is 51.4 Å². The molecule has 0 unspecified atom stereocenters. The van der Waals surface area contributed by atoms with E-state index in [0.29, 0.717) is 0 Å². The summed E-state index contributed by atoms with van der Waals surface area (Å²) in [6, 6.07) is 0. The quantitative estimate of drug-likeness (QED) is 0.443. The van der Waals surface area contributed by atoms with Gasteiger partial charge in [0.25, 0.3) is 0 Å². The summed E-state index contributed by atoms with van der Waals surface area (Å²) in [6.07, 6.45) is 0. The van der Waals surface area contributed by atoms with Crippen LogP contribution in [0, 0.1) is 71.0 Å². The molecule has 68 valence electrons. The standard InChI is InChI=1S/6CN.K.Mn/c6*1-2;;/q6*-1;;. The van der Waals surface area contributed by atoms with Gasteiger partial charge in [0.2, 0.25) is 0 Å². The predicted molar refractivity (Wildman–Crippen MR) is 35.6 cm³/mol. The smallest absolute Gasteiger partial charge is 0 e. The Kier molecular flexibility index (Phi) is 9600. The first kappa shape index (κ1) is 73.8. The van der Waals surface area contributed by atoms with Gasteiger partial charge in [-0.2, -0.15) is 0 Å². The van der Waals surface area contributed by atoms with E-state index >= 15 is 0 Å². The second-order valence-corrected chi connectivity index (χ2v) is 0. The summed E-state index contributed by atoms with van der Waals surface area (Å²) in [5.74, 6) is 0. The van der Waals surface area contributed by atoms with Gasteiger partial charge in [0.05, 0.1) is 0 Å². The van der Waals surface area contributed by atoms with Gasteiger partial charge in [0, 0.05) is 68.5 Å². The van der Waals surface area contributed by atoms with Crippen LogP contribution in [-0.2, 0) is 17.1 Å². The Morgan fingerprint density at radius 1 is 0.357 bits per heavy atom. The topological polar surface area (TPSA) is 143 Å². The van der Waals surface area contributed by atoms with Crippen LogP contribution in [0.15, 0.2) is 0 Å². The van der Waals surface area contributed by atoms with Gasteiger partial charge >= 0.3 is 0 Å². The minimum Gasteiger partial charge on any atom is -0.512 e. The summed E-state index contributed by atoms with van der Waals surface area (Å²) in [6.45, 7) is 28.5. The molecular weight excluding hydrogens is 250 g/mol. The minimum absolute atomic E-state index is 0. The molecule has 0 saturated carbocycles. The van der Waals surface area contributed by atoms with Gasteiger partial charge in [0.15, 0.2) is 0 Å². The van der Waals surface area contributed by atoms with Gasteiger partial charge in [-0.15, -0.1) is 0 Å². The first-order chi connectivity index (χ1) is 6.00. The fourth-order valence-corrected chi connectivity index (χ4v) is 0. The van der Waals surface area contributed by atoms with Crippen molar-refractivity contribution in [3.05, 3.63) is 39.4 Å². The third kappa shape index (κ3) is 1380. The van der Waals surface area contributed by atoms with Gasteiger partial charge in [-0.05, 0) is 0 Å². The summed E-state index contributed by atoms with van der Waals surface area (Å²) in [5, 5.41) is 37.5. The van der Waals surface area contributed by atoms with Gasteiger partial charge in [0.1, 0.15) is 0 Å². The summed E-state index contributed by atoms with van der Waals surface area (Å²) >= 11 is 0. The Morgan fingerprint density at radius 3 is 0.357 bits per heavy atom. The maximum absolute atomic E-state index is 6.25. The van der Waals surface area contributed by atoms with E-state index in [9.17, 15) is 0 Å². The van der Waals surface area contributed by atoms with Gasteiger partial charge < -0.3 is 71.0 Å². The molecule has 14 heavy (non-hydrogen) atoms. The zero-order valence-corrected chi connectivity index (χ0v) is 11.4. The van der Waals surface area contributed by atoms with Crippen LogP contribution in [0.4, 0.5) is 0 Å². The Bertz CT molecular complexity index is 97.3. The summed E-state index contributed by atoms with van der Waals surface area (Å²) in [7, 11) is 0. The number of hydrogen-bond acceptors (Lipinski definition) is 6. The third-order valence-corrected chi connectivity index (χ3v) is 0. The first-order valence-corrected chi connectivity index (χ1v) is 1.34. The molecule has 0 amide bonds. The number of nitrogens with zero attached hydrogens (tertiary/aromatic N) is 6. The monoisotopic (exact) mass is 250 g/mol. The maximum atomic E-state index is 6.25. The Labute approximate surface area is 137 Å². The van der Waals surface area contributed by atoms with E-state index < -0.39 is 0 Å². The minimum atomic E-state index is 0. The fraction of sp³-hybridized carbons (Fsp3) is 0. The summed E-state index contributed by atoms with van der Waals surface area (Å²) < 4.78 is 0. The van der Waals surface area contributed by atoms with Crippen molar-refractivity contribution in [2.24, 2.45) is 0 Å². The van der Waals surface area contributed by atoms with E-state index in [-0.39, 0.29) is 68.5 Å². The summed E-state index contributed by atoms with van der Waals surface area (Å²) in [5.41, 5.74) is 0. The fourth-order valence-electron chi connectivity index (χ4n) is 0. The molecule has 0 aromatic rings. The molecule has 0 aliphatic rings. The largest absolute Gasteiger partial charge is 0.512 e. The summed E-state index contributed by atoms with van der Waals surface area (Å²) in [4.78, 5) is 0.